The van der Waals surface area contributed by atoms with Gasteiger partial charge in [0.15, 0.2) is 0 Å². The predicted octanol–water partition coefficient (Wildman–Crippen LogP) is 1.60. The second kappa shape index (κ2) is 6.62. The number of ether oxygens (including phenoxy) is 1. The molecule has 1 heterocycles. The van der Waals surface area contributed by atoms with Crippen LogP contribution >= 0.6 is 0 Å². The Morgan fingerprint density at radius 2 is 1.91 bits per heavy atom. The number of sulfonamides is 1. The first-order chi connectivity index (χ1) is 10.4. The van der Waals surface area contributed by atoms with E-state index in [0.717, 1.165) is 6.07 Å². The lowest BCUT2D eigenvalue weighted by molar-refractivity contribution is 0.0934. The first kappa shape index (κ1) is 16.7. The van der Waals surface area contributed by atoms with Gasteiger partial charge in [0.1, 0.15) is 5.82 Å². The van der Waals surface area contributed by atoms with E-state index in [4.69, 9.17) is 4.74 Å². The minimum atomic E-state index is -3.67. The number of rotatable bonds is 3. The quantitative estimate of drug-likeness (QED) is 0.844. The van der Waals surface area contributed by atoms with Crippen molar-refractivity contribution in [1.29, 1.82) is 0 Å². The van der Waals surface area contributed by atoms with E-state index in [1.807, 2.05) is 0 Å². The summed E-state index contributed by atoms with van der Waals surface area (Å²) in [6, 6.07) is 3.73. The number of hydrogen-bond acceptors (Lipinski definition) is 4. The lowest BCUT2D eigenvalue weighted by Crippen LogP contribution is -2.50. The van der Waals surface area contributed by atoms with Gasteiger partial charge in [-0.1, -0.05) is 0 Å². The van der Waals surface area contributed by atoms with Gasteiger partial charge in [-0.3, -0.25) is 0 Å². The van der Waals surface area contributed by atoms with Gasteiger partial charge >= 0.3 is 6.09 Å². The second-order valence-electron chi connectivity index (χ2n) is 5.00. The number of hydrogen-bond donors (Lipinski definition) is 0. The molecule has 0 radical (unpaired) electrons. The first-order valence-corrected chi connectivity index (χ1v) is 8.48. The summed E-state index contributed by atoms with van der Waals surface area (Å²) >= 11 is 0. The Morgan fingerprint density at radius 1 is 1.27 bits per heavy atom. The van der Waals surface area contributed by atoms with Gasteiger partial charge in [-0.25, -0.2) is 17.6 Å². The van der Waals surface area contributed by atoms with E-state index < -0.39 is 21.9 Å². The molecule has 6 nitrogen and oxygen atoms in total. The molecule has 1 fully saturated rings. The Morgan fingerprint density at radius 3 is 2.45 bits per heavy atom. The van der Waals surface area contributed by atoms with Crippen LogP contribution in [0.15, 0.2) is 23.1 Å². The van der Waals surface area contributed by atoms with E-state index in [2.05, 4.69) is 0 Å². The van der Waals surface area contributed by atoms with E-state index in [0.29, 0.717) is 0 Å². The largest absolute Gasteiger partial charge is 0.450 e. The van der Waals surface area contributed by atoms with Crippen LogP contribution in [0.2, 0.25) is 0 Å². The van der Waals surface area contributed by atoms with E-state index in [9.17, 15) is 17.6 Å². The summed E-state index contributed by atoms with van der Waals surface area (Å²) in [5.74, 6) is -0.439. The molecule has 0 saturated carbocycles. The third-order valence-electron chi connectivity index (χ3n) is 3.53. The van der Waals surface area contributed by atoms with Gasteiger partial charge in [0, 0.05) is 26.2 Å². The van der Waals surface area contributed by atoms with Crippen LogP contribution in [0, 0.1) is 12.7 Å². The maximum atomic E-state index is 13.3. The molecule has 0 unspecified atom stereocenters. The number of amides is 1. The predicted molar refractivity (Wildman–Crippen MR) is 78.5 cm³/mol. The van der Waals surface area contributed by atoms with Gasteiger partial charge in [-0.05, 0) is 37.6 Å². The summed E-state index contributed by atoms with van der Waals surface area (Å²) in [4.78, 5) is 13.1. The van der Waals surface area contributed by atoms with Crippen LogP contribution in [0.4, 0.5) is 9.18 Å². The molecule has 0 bridgehead atoms. The highest BCUT2D eigenvalue weighted by molar-refractivity contribution is 7.89. The smallest absolute Gasteiger partial charge is 0.409 e. The summed E-state index contributed by atoms with van der Waals surface area (Å²) in [5, 5.41) is 0. The van der Waals surface area contributed by atoms with Crippen LogP contribution in [0.3, 0.4) is 0 Å². The van der Waals surface area contributed by atoms with Crippen LogP contribution < -0.4 is 0 Å². The van der Waals surface area contributed by atoms with Crippen molar-refractivity contribution in [2.45, 2.75) is 18.7 Å². The van der Waals surface area contributed by atoms with E-state index in [1.54, 1.807) is 6.92 Å². The fourth-order valence-corrected chi connectivity index (χ4v) is 3.76. The first-order valence-electron chi connectivity index (χ1n) is 7.04. The van der Waals surface area contributed by atoms with Crippen molar-refractivity contribution >= 4 is 16.1 Å². The van der Waals surface area contributed by atoms with Crippen molar-refractivity contribution in [3.63, 3.8) is 0 Å². The summed E-state index contributed by atoms with van der Waals surface area (Å²) in [6.07, 6.45) is -0.433. The highest BCUT2D eigenvalue weighted by Gasteiger charge is 2.30. The van der Waals surface area contributed by atoms with Crippen LogP contribution in [0.5, 0.6) is 0 Å². The van der Waals surface area contributed by atoms with Gasteiger partial charge in [0.25, 0.3) is 0 Å². The standard InChI is InChI=1S/C14H19FN2O4S/c1-3-21-14(18)16-6-8-17(9-7-16)22(19,20)12-4-5-13(15)11(2)10-12/h4-5,10H,3,6-9H2,1-2H3. The van der Waals surface area contributed by atoms with E-state index in [-0.39, 0.29) is 43.2 Å². The van der Waals surface area contributed by atoms with Crippen molar-refractivity contribution in [3.05, 3.63) is 29.6 Å². The normalized spacial score (nSPS) is 16.6. The van der Waals surface area contributed by atoms with E-state index in [1.165, 1.54) is 28.3 Å². The molecular formula is C14H19FN2O4S. The Bertz CT molecular complexity index is 655. The Kier molecular flexibility index (Phi) is 5.02. The van der Waals surface area contributed by atoms with Crippen molar-refractivity contribution in [3.8, 4) is 0 Å². The van der Waals surface area contributed by atoms with Gasteiger partial charge in [0.2, 0.25) is 10.0 Å². The molecule has 122 valence electrons. The molecular weight excluding hydrogens is 311 g/mol. The third-order valence-corrected chi connectivity index (χ3v) is 5.43. The summed E-state index contributed by atoms with van der Waals surface area (Å²) in [5.41, 5.74) is 0.284. The highest BCUT2D eigenvalue weighted by Crippen LogP contribution is 2.20. The zero-order valence-corrected chi connectivity index (χ0v) is 13.4. The van der Waals surface area contributed by atoms with E-state index >= 15 is 0 Å². The molecule has 1 aliphatic rings. The molecule has 0 N–H and O–H groups in total. The molecule has 0 aliphatic carbocycles. The van der Waals surface area contributed by atoms with Crippen LogP contribution in [-0.4, -0.2) is 56.5 Å². The number of carbonyl (C=O) groups excluding carboxylic acids is 1. The Labute approximate surface area is 129 Å². The number of piperazine rings is 1. The molecule has 2 rings (SSSR count). The molecule has 1 aromatic rings. The molecule has 1 amide bonds. The molecule has 8 heteroatoms. The lowest BCUT2D eigenvalue weighted by atomic mass is 10.2. The van der Waals surface area contributed by atoms with Crippen molar-refractivity contribution < 1.29 is 22.3 Å². The monoisotopic (exact) mass is 330 g/mol. The van der Waals surface area contributed by atoms with Gasteiger partial charge in [0.05, 0.1) is 11.5 Å². The maximum Gasteiger partial charge on any atom is 0.409 e. The SMILES string of the molecule is CCOC(=O)N1CCN(S(=O)(=O)c2ccc(F)c(C)c2)CC1. The fraction of sp³-hybridized carbons (Fsp3) is 0.500. The number of carbonyl (C=O) groups is 1. The number of nitrogens with zero attached hydrogens (tertiary/aromatic N) is 2. The third kappa shape index (κ3) is 3.38. The minimum absolute atomic E-state index is 0.0657. The number of aryl methyl sites for hydroxylation is 1. The molecule has 0 spiro atoms. The average Bonchev–Trinajstić information content (AvgIpc) is 2.50. The average molecular weight is 330 g/mol. The van der Waals surface area contributed by atoms with Crippen molar-refractivity contribution in [2.75, 3.05) is 32.8 Å². The molecule has 22 heavy (non-hydrogen) atoms. The van der Waals surface area contributed by atoms with Gasteiger partial charge in [-0.2, -0.15) is 4.31 Å². The second-order valence-corrected chi connectivity index (χ2v) is 6.94. The van der Waals surface area contributed by atoms with Crippen LogP contribution in [0.25, 0.3) is 0 Å². The number of benzene rings is 1. The summed E-state index contributed by atoms with van der Waals surface area (Å²) < 4.78 is 44.5. The topological polar surface area (TPSA) is 66.9 Å². The summed E-state index contributed by atoms with van der Waals surface area (Å²) in [7, 11) is -3.67. The lowest BCUT2D eigenvalue weighted by Gasteiger charge is -2.33. The maximum absolute atomic E-state index is 13.3. The Hall–Kier alpha value is -1.67. The molecule has 1 aliphatic heterocycles. The molecule has 0 aromatic heterocycles. The highest BCUT2D eigenvalue weighted by atomic mass is 32.2. The molecule has 0 atom stereocenters. The molecule has 1 saturated heterocycles. The van der Waals surface area contributed by atoms with Crippen molar-refractivity contribution in [1.82, 2.24) is 9.21 Å². The van der Waals surface area contributed by atoms with Gasteiger partial charge < -0.3 is 9.64 Å². The van der Waals surface area contributed by atoms with Crippen LogP contribution in [-0.2, 0) is 14.8 Å². The Balaban J connectivity index is 2.09. The number of halogens is 1. The zero-order chi connectivity index (χ0) is 16.3. The fourth-order valence-electron chi connectivity index (χ4n) is 2.25. The minimum Gasteiger partial charge on any atom is -0.450 e. The summed E-state index contributed by atoms with van der Waals surface area (Å²) in [6.45, 7) is 4.46. The van der Waals surface area contributed by atoms with Crippen LogP contribution in [0.1, 0.15) is 12.5 Å². The molecule has 1 aromatic carbocycles. The van der Waals surface area contributed by atoms with Gasteiger partial charge in [-0.15, -0.1) is 0 Å². The zero-order valence-electron chi connectivity index (χ0n) is 12.6. The van der Waals surface area contributed by atoms with Crippen molar-refractivity contribution in [2.24, 2.45) is 0 Å².